The minimum atomic E-state index is -0.141. The highest BCUT2D eigenvalue weighted by molar-refractivity contribution is 6.31. The molecular weight excluding hydrogens is 398 g/mol. The van der Waals surface area contributed by atoms with Gasteiger partial charge in [0, 0.05) is 16.1 Å². The molecule has 30 heavy (non-hydrogen) atoms. The third kappa shape index (κ3) is 5.55. The van der Waals surface area contributed by atoms with Crippen molar-refractivity contribution in [3.63, 3.8) is 0 Å². The monoisotopic (exact) mass is 423 g/mol. The van der Waals surface area contributed by atoms with Crippen molar-refractivity contribution < 1.29 is 14.3 Å². The molecule has 5 heteroatoms. The van der Waals surface area contributed by atoms with Gasteiger partial charge >= 0.3 is 0 Å². The molecule has 0 heterocycles. The first kappa shape index (κ1) is 21.7. The number of amides is 1. The molecule has 0 radical (unpaired) electrons. The van der Waals surface area contributed by atoms with Gasteiger partial charge in [-0.25, -0.2) is 0 Å². The lowest BCUT2D eigenvalue weighted by Crippen LogP contribution is -2.26. The zero-order valence-corrected chi connectivity index (χ0v) is 18.2. The quantitative estimate of drug-likeness (QED) is 0.475. The normalized spacial score (nSPS) is 11.6. The summed E-state index contributed by atoms with van der Waals surface area (Å²) in [6, 6.07) is 20.7. The first-order chi connectivity index (χ1) is 14.5. The minimum absolute atomic E-state index is 0.0954. The molecule has 1 amide bonds. The molecule has 0 aliphatic carbocycles. The molecule has 4 nitrogen and oxygen atoms in total. The van der Waals surface area contributed by atoms with E-state index in [1.807, 2.05) is 81.4 Å². The van der Waals surface area contributed by atoms with Crippen LogP contribution >= 0.6 is 11.6 Å². The smallest absolute Gasteiger partial charge is 0.251 e. The summed E-state index contributed by atoms with van der Waals surface area (Å²) in [5.74, 6) is 1.28. The van der Waals surface area contributed by atoms with Gasteiger partial charge in [-0.3, -0.25) is 4.79 Å². The average molecular weight is 424 g/mol. The van der Waals surface area contributed by atoms with Gasteiger partial charge in [0.2, 0.25) is 0 Å². The van der Waals surface area contributed by atoms with Crippen molar-refractivity contribution in [2.45, 2.75) is 33.4 Å². The van der Waals surface area contributed by atoms with Crippen molar-refractivity contribution in [3.05, 3.63) is 94.0 Å². The molecule has 3 aromatic carbocycles. The van der Waals surface area contributed by atoms with E-state index in [-0.39, 0.29) is 18.6 Å². The van der Waals surface area contributed by atoms with Gasteiger partial charge in [0.25, 0.3) is 5.91 Å². The minimum Gasteiger partial charge on any atom is -0.493 e. The number of aryl methyl sites for hydroxylation is 1. The van der Waals surface area contributed by atoms with Gasteiger partial charge in [0.05, 0.1) is 12.6 Å². The van der Waals surface area contributed by atoms with E-state index in [2.05, 4.69) is 5.32 Å². The molecule has 1 atom stereocenters. The predicted molar refractivity (Wildman–Crippen MR) is 120 cm³/mol. The molecule has 3 aromatic rings. The summed E-state index contributed by atoms with van der Waals surface area (Å²) in [5, 5.41) is 3.74. The molecule has 0 bridgehead atoms. The molecule has 3 rings (SSSR count). The Balaban J connectivity index is 1.75. The summed E-state index contributed by atoms with van der Waals surface area (Å²) in [7, 11) is 0. The van der Waals surface area contributed by atoms with Crippen LogP contribution in [0, 0.1) is 6.92 Å². The molecule has 0 saturated heterocycles. The molecule has 156 valence electrons. The maximum atomic E-state index is 12.8. The summed E-state index contributed by atoms with van der Waals surface area (Å²) in [5.41, 5.74) is 3.37. The van der Waals surface area contributed by atoms with Crippen molar-refractivity contribution in [1.82, 2.24) is 5.32 Å². The Kier molecular flexibility index (Phi) is 7.36. The Bertz CT molecular complexity index is 1000. The molecule has 0 fully saturated rings. The van der Waals surface area contributed by atoms with Crippen LogP contribution in [0.5, 0.6) is 11.5 Å². The molecule has 0 aromatic heterocycles. The van der Waals surface area contributed by atoms with Gasteiger partial charge in [-0.1, -0.05) is 41.9 Å². The fourth-order valence-corrected chi connectivity index (χ4v) is 3.22. The van der Waals surface area contributed by atoms with E-state index in [1.165, 1.54) is 0 Å². The fourth-order valence-electron chi connectivity index (χ4n) is 3.10. The van der Waals surface area contributed by atoms with E-state index in [0.29, 0.717) is 28.7 Å². The highest BCUT2D eigenvalue weighted by Gasteiger charge is 2.14. The van der Waals surface area contributed by atoms with Crippen molar-refractivity contribution in [1.29, 1.82) is 0 Å². The first-order valence-corrected chi connectivity index (χ1v) is 10.4. The molecule has 0 unspecified atom stereocenters. The van der Waals surface area contributed by atoms with E-state index in [4.69, 9.17) is 21.1 Å². The van der Waals surface area contributed by atoms with Gasteiger partial charge in [-0.2, -0.15) is 0 Å². The number of hydrogen-bond donors (Lipinski definition) is 1. The third-order valence-electron chi connectivity index (χ3n) is 4.79. The van der Waals surface area contributed by atoms with E-state index < -0.39 is 0 Å². The number of nitrogens with one attached hydrogen (secondary N) is 1. The van der Waals surface area contributed by atoms with Gasteiger partial charge in [-0.05, 0) is 68.3 Å². The number of benzene rings is 3. The molecular formula is C25H26ClNO3. The maximum absolute atomic E-state index is 12.8. The molecule has 0 saturated carbocycles. The summed E-state index contributed by atoms with van der Waals surface area (Å²) in [6.45, 7) is 6.64. The van der Waals surface area contributed by atoms with E-state index >= 15 is 0 Å². The number of carbonyl (C=O) groups excluding carboxylic acids is 1. The summed E-state index contributed by atoms with van der Waals surface area (Å²) in [4.78, 5) is 12.8. The Morgan fingerprint density at radius 2 is 1.80 bits per heavy atom. The predicted octanol–water partition coefficient (Wildman–Crippen LogP) is 6.12. The lowest BCUT2D eigenvalue weighted by Gasteiger charge is -2.16. The SMILES string of the molecule is CCOc1ccc(C(=O)N[C@@H](C)c2ccccc2)cc1COc1ccc(Cl)c(C)c1. The van der Waals surface area contributed by atoms with E-state index in [1.54, 1.807) is 6.07 Å². The Morgan fingerprint density at radius 1 is 1.03 bits per heavy atom. The average Bonchev–Trinajstić information content (AvgIpc) is 2.76. The second-order valence-corrected chi connectivity index (χ2v) is 7.47. The van der Waals surface area contributed by atoms with Gasteiger partial charge in [0.15, 0.2) is 0 Å². The molecule has 0 aliphatic rings. The van der Waals surface area contributed by atoms with Crippen LogP contribution in [-0.4, -0.2) is 12.5 Å². The van der Waals surface area contributed by atoms with Gasteiger partial charge in [-0.15, -0.1) is 0 Å². The van der Waals surface area contributed by atoms with Crippen LogP contribution in [0.3, 0.4) is 0 Å². The van der Waals surface area contributed by atoms with Crippen LogP contribution in [0.15, 0.2) is 66.7 Å². The van der Waals surface area contributed by atoms with Crippen LogP contribution in [0.1, 0.15) is 46.9 Å². The highest BCUT2D eigenvalue weighted by Crippen LogP contribution is 2.25. The number of hydrogen-bond acceptors (Lipinski definition) is 3. The van der Waals surface area contributed by atoms with Crippen molar-refractivity contribution in [2.75, 3.05) is 6.61 Å². The number of halogens is 1. The van der Waals surface area contributed by atoms with Gasteiger partial charge in [0.1, 0.15) is 18.1 Å². The zero-order valence-electron chi connectivity index (χ0n) is 17.4. The lowest BCUT2D eigenvalue weighted by atomic mass is 10.1. The number of carbonyl (C=O) groups is 1. The first-order valence-electron chi connectivity index (χ1n) is 9.98. The second kappa shape index (κ2) is 10.2. The molecule has 0 aliphatic heterocycles. The summed E-state index contributed by atoms with van der Waals surface area (Å²) >= 11 is 6.09. The highest BCUT2D eigenvalue weighted by atomic mass is 35.5. The van der Waals surface area contributed by atoms with E-state index in [9.17, 15) is 4.79 Å². The van der Waals surface area contributed by atoms with Crippen LogP contribution in [-0.2, 0) is 6.61 Å². The van der Waals surface area contributed by atoms with Crippen molar-refractivity contribution >= 4 is 17.5 Å². The topological polar surface area (TPSA) is 47.6 Å². The van der Waals surface area contributed by atoms with Crippen LogP contribution < -0.4 is 14.8 Å². The number of rotatable bonds is 8. The van der Waals surface area contributed by atoms with Crippen molar-refractivity contribution in [3.8, 4) is 11.5 Å². The number of ether oxygens (including phenoxy) is 2. The zero-order chi connectivity index (χ0) is 21.5. The third-order valence-corrected chi connectivity index (χ3v) is 5.22. The molecule has 1 N–H and O–H groups in total. The summed E-state index contributed by atoms with van der Waals surface area (Å²) < 4.78 is 11.7. The summed E-state index contributed by atoms with van der Waals surface area (Å²) in [6.07, 6.45) is 0. The van der Waals surface area contributed by atoms with E-state index in [0.717, 1.165) is 16.7 Å². The van der Waals surface area contributed by atoms with Crippen LogP contribution in [0.25, 0.3) is 0 Å². The fraction of sp³-hybridized carbons (Fsp3) is 0.240. The standard InChI is InChI=1S/C25H26ClNO3/c1-4-29-24-13-10-20(25(28)27-18(3)19-8-6-5-7-9-19)15-21(24)16-30-22-11-12-23(26)17(2)14-22/h5-15,18H,4,16H2,1-3H3,(H,27,28)/t18-/m0/s1. The maximum Gasteiger partial charge on any atom is 0.251 e. The Morgan fingerprint density at radius 3 is 2.50 bits per heavy atom. The van der Waals surface area contributed by atoms with Gasteiger partial charge < -0.3 is 14.8 Å². The van der Waals surface area contributed by atoms with Crippen LogP contribution in [0.2, 0.25) is 5.02 Å². The Hall–Kier alpha value is -2.98. The largest absolute Gasteiger partial charge is 0.493 e. The Labute approximate surface area is 182 Å². The van der Waals surface area contributed by atoms with Crippen LogP contribution in [0.4, 0.5) is 0 Å². The molecule has 0 spiro atoms. The lowest BCUT2D eigenvalue weighted by molar-refractivity contribution is 0.0939. The second-order valence-electron chi connectivity index (χ2n) is 7.06. The van der Waals surface area contributed by atoms with Crippen molar-refractivity contribution in [2.24, 2.45) is 0 Å².